The van der Waals surface area contributed by atoms with Crippen molar-refractivity contribution in [2.45, 2.75) is 33.5 Å². The third-order valence-electron chi connectivity index (χ3n) is 4.86. The first kappa shape index (κ1) is 22.7. The monoisotopic (exact) mass is 439 g/mol. The smallest absolute Gasteiger partial charge is 0.335 e. The van der Waals surface area contributed by atoms with Crippen LogP contribution in [0, 0.1) is 6.92 Å². The molecule has 0 saturated heterocycles. The molecule has 2 N–H and O–H groups in total. The molecule has 3 aromatic carbocycles. The van der Waals surface area contributed by atoms with Gasteiger partial charge in [0.05, 0.1) is 17.2 Å². The van der Waals surface area contributed by atoms with Crippen molar-refractivity contribution in [3.8, 4) is 11.5 Å². The van der Waals surface area contributed by atoms with Crippen molar-refractivity contribution >= 4 is 17.6 Å². The Morgan fingerprint density at radius 2 is 1.71 bits per heavy atom. The fraction of sp³-hybridized carbons (Fsp3) is 0.240. The molecule has 0 aromatic heterocycles. The molecule has 0 aliphatic carbocycles. The van der Waals surface area contributed by atoms with Crippen molar-refractivity contribution in [1.29, 1.82) is 0 Å². The molecule has 0 unspecified atom stereocenters. The maximum Gasteiger partial charge on any atom is 0.335 e. The average Bonchev–Trinajstić information content (AvgIpc) is 2.75. The summed E-state index contributed by atoms with van der Waals surface area (Å²) >= 11 is 6.53. The average molecular weight is 440 g/mol. The molecular formula is C25H26ClNO4. The van der Waals surface area contributed by atoms with E-state index in [0.29, 0.717) is 42.8 Å². The summed E-state index contributed by atoms with van der Waals surface area (Å²) in [5, 5.41) is 12.8. The van der Waals surface area contributed by atoms with Crippen molar-refractivity contribution in [3.05, 3.63) is 93.5 Å². The van der Waals surface area contributed by atoms with Crippen LogP contribution in [0.25, 0.3) is 0 Å². The van der Waals surface area contributed by atoms with Crippen LogP contribution in [-0.4, -0.2) is 17.7 Å². The summed E-state index contributed by atoms with van der Waals surface area (Å²) in [4.78, 5) is 10.9. The first-order chi connectivity index (χ1) is 15.0. The molecule has 0 saturated carbocycles. The molecule has 5 nitrogen and oxygen atoms in total. The Hall–Kier alpha value is -3.02. The summed E-state index contributed by atoms with van der Waals surface area (Å²) < 4.78 is 11.8. The number of benzene rings is 3. The van der Waals surface area contributed by atoms with E-state index >= 15 is 0 Å². The Morgan fingerprint density at radius 3 is 2.39 bits per heavy atom. The number of carboxylic acid groups (broad SMARTS) is 1. The Morgan fingerprint density at radius 1 is 1.00 bits per heavy atom. The maximum absolute atomic E-state index is 10.9. The van der Waals surface area contributed by atoms with Crippen LogP contribution in [0.2, 0.25) is 5.02 Å². The van der Waals surface area contributed by atoms with Gasteiger partial charge < -0.3 is 19.9 Å². The number of hydrogen-bond donors (Lipinski definition) is 2. The molecule has 0 spiro atoms. The van der Waals surface area contributed by atoms with Crippen LogP contribution in [0.15, 0.2) is 60.7 Å². The predicted molar refractivity (Wildman–Crippen MR) is 122 cm³/mol. The molecule has 0 fully saturated rings. The van der Waals surface area contributed by atoms with Crippen LogP contribution in [0.5, 0.6) is 11.5 Å². The Bertz CT molecular complexity index is 1030. The van der Waals surface area contributed by atoms with Gasteiger partial charge in [0.15, 0.2) is 11.5 Å². The van der Waals surface area contributed by atoms with Crippen molar-refractivity contribution < 1.29 is 19.4 Å². The lowest BCUT2D eigenvalue weighted by Crippen LogP contribution is -2.13. The minimum absolute atomic E-state index is 0.276. The van der Waals surface area contributed by atoms with Gasteiger partial charge in [-0.3, -0.25) is 0 Å². The van der Waals surface area contributed by atoms with Gasteiger partial charge in [-0.05, 0) is 60.4 Å². The van der Waals surface area contributed by atoms with Crippen LogP contribution < -0.4 is 14.8 Å². The van der Waals surface area contributed by atoms with Crippen LogP contribution in [0.1, 0.15) is 39.5 Å². The summed E-state index contributed by atoms with van der Waals surface area (Å²) in [5.74, 6) is 0.230. The van der Waals surface area contributed by atoms with E-state index in [-0.39, 0.29) is 5.56 Å². The lowest BCUT2D eigenvalue weighted by molar-refractivity contribution is 0.0697. The van der Waals surface area contributed by atoms with Gasteiger partial charge >= 0.3 is 5.97 Å². The van der Waals surface area contributed by atoms with E-state index in [9.17, 15) is 4.79 Å². The number of hydrogen-bond acceptors (Lipinski definition) is 4. The molecule has 0 bridgehead atoms. The lowest BCUT2D eigenvalue weighted by atomic mass is 10.1. The fourth-order valence-corrected chi connectivity index (χ4v) is 3.45. The summed E-state index contributed by atoms with van der Waals surface area (Å²) in [6.45, 7) is 6.07. The van der Waals surface area contributed by atoms with E-state index in [1.165, 1.54) is 0 Å². The maximum atomic E-state index is 10.9. The molecule has 0 amide bonds. The molecule has 3 rings (SSSR count). The predicted octanol–water partition coefficient (Wildman–Crippen LogP) is 5.61. The number of ether oxygens (including phenoxy) is 2. The Balaban J connectivity index is 1.66. The van der Waals surface area contributed by atoms with E-state index in [4.69, 9.17) is 26.2 Å². The number of aryl methyl sites for hydroxylation is 1. The topological polar surface area (TPSA) is 67.8 Å². The molecule has 31 heavy (non-hydrogen) atoms. The zero-order chi connectivity index (χ0) is 22.2. The third-order valence-corrected chi connectivity index (χ3v) is 5.14. The van der Waals surface area contributed by atoms with Crippen LogP contribution in [-0.2, 0) is 19.7 Å². The van der Waals surface area contributed by atoms with Crippen molar-refractivity contribution in [3.63, 3.8) is 0 Å². The second-order valence-electron chi connectivity index (χ2n) is 7.16. The molecule has 6 heteroatoms. The number of halogens is 1. The number of rotatable bonds is 10. The van der Waals surface area contributed by atoms with Gasteiger partial charge in [0.25, 0.3) is 0 Å². The molecule has 0 radical (unpaired) electrons. The Labute approximate surface area is 187 Å². The highest BCUT2D eigenvalue weighted by atomic mass is 35.5. The molecule has 3 aromatic rings. The van der Waals surface area contributed by atoms with E-state index < -0.39 is 5.97 Å². The lowest BCUT2D eigenvalue weighted by Gasteiger charge is -2.16. The first-order valence-corrected chi connectivity index (χ1v) is 10.5. The molecule has 0 heterocycles. The van der Waals surface area contributed by atoms with E-state index in [1.807, 2.05) is 50.2 Å². The number of aromatic carboxylic acids is 1. The van der Waals surface area contributed by atoms with Gasteiger partial charge in [0.1, 0.15) is 6.61 Å². The highest BCUT2D eigenvalue weighted by molar-refractivity contribution is 6.32. The summed E-state index contributed by atoms with van der Waals surface area (Å²) in [7, 11) is 0. The number of nitrogens with one attached hydrogen (secondary N) is 1. The SMILES string of the molecule is CCOc1cc(CNCc2ccc(C(=O)O)cc2)cc(Cl)c1OCc1ccccc1C. The minimum Gasteiger partial charge on any atom is -0.490 e. The quantitative estimate of drug-likeness (QED) is 0.429. The van der Waals surface area contributed by atoms with Crippen LogP contribution in [0.3, 0.4) is 0 Å². The third kappa shape index (κ3) is 6.23. The highest BCUT2D eigenvalue weighted by Crippen LogP contribution is 2.37. The minimum atomic E-state index is -0.928. The van der Waals surface area contributed by atoms with Gasteiger partial charge in [-0.15, -0.1) is 0 Å². The van der Waals surface area contributed by atoms with Crippen molar-refractivity contribution in [2.24, 2.45) is 0 Å². The molecular weight excluding hydrogens is 414 g/mol. The second kappa shape index (κ2) is 10.8. The Kier molecular flexibility index (Phi) is 7.93. The normalized spacial score (nSPS) is 10.7. The zero-order valence-corrected chi connectivity index (χ0v) is 18.4. The van der Waals surface area contributed by atoms with Gasteiger partial charge in [-0.1, -0.05) is 48.0 Å². The standard InChI is InChI=1S/C25H26ClNO4/c1-3-30-23-13-19(15-27-14-18-8-10-20(11-9-18)25(28)29)12-22(26)24(23)31-16-21-7-5-4-6-17(21)2/h4-13,27H,3,14-16H2,1-2H3,(H,28,29). The van der Waals surface area contributed by atoms with Crippen LogP contribution in [0.4, 0.5) is 0 Å². The fourth-order valence-electron chi connectivity index (χ4n) is 3.16. The van der Waals surface area contributed by atoms with Crippen LogP contribution >= 0.6 is 11.6 Å². The molecule has 162 valence electrons. The van der Waals surface area contributed by atoms with Gasteiger partial charge in [-0.25, -0.2) is 4.79 Å². The summed E-state index contributed by atoms with van der Waals surface area (Å²) in [6, 6.07) is 18.7. The number of carbonyl (C=O) groups is 1. The van der Waals surface area contributed by atoms with Crippen molar-refractivity contribution in [1.82, 2.24) is 5.32 Å². The molecule has 0 atom stereocenters. The van der Waals surface area contributed by atoms with Gasteiger partial charge in [0, 0.05) is 13.1 Å². The van der Waals surface area contributed by atoms with E-state index in [0.717, 1.165) is 22.3 Å². The number of carboxylic acids is 1. The molecule has 0 aliphatic rings. The zero-order valence-electron chi connectivity index (χ0n) is 17.7. The van der Waals surface area contributed by atoms with Gasteiger partial charge in [0.2, 0.25) is 0 Å². The second-order valence-corrected chi connectivity index (χ2v) is 7.57. The van der Waals surface area contributed by atoms with Crippen molar-refractivity contribution in [2.75, 3.05) is 6.61 Å². The van der Waals surface area contributed by atoms with E-state index in [1.54, 1.807) is 24.3 Å². The summed E-state index contributed by atoms with van der Waals surface area (Å²) in [6.07, 6.45) is 0. The van der Waals surface area contributed by atoms with Gasteiger partial charge in [-0.2, -0.15) is 0 Å². The highest BCUT2D eigenvalue weighted by Gasteiger charge is 2.13. The largest absolute Gasteiger partial charge is 0.490 e. The molecule has 0 aliphatic heterocycles. The summed E-state index contributed by atoms with van der Waals surface area (Å²) in [5.41, 5.74) is 4.51. The van der Waals surface area contributed by atoms with E-state index in [2.05, 4.69) is 5.32 Å². The first-order valence-electron chi connectivity index (χ1n) is 10.1.